The first kappa shape index (κ1) is 15.0. The van der Waals surface area contributed by atoms with Crippen LogP contribution in [0.25, 0.3) is 0 Å². The van der Waals surface area contributed by atoms with Crippen molar-refractivity contribution in [2.24, 2.45) is 0 Å². The minimum atomic E-state index is 0.317. The Hall–Kier alpha value is -1.08. The Balaban J connectivity index is 2.66. The number of hydrogen-bond donors (Lipinski definition) is 1. The summed E-state index contributed by atoms with van der Waals surface area (Å²) in [4.78, 5) is 0. The van der Waals surface area contributed by atoms with E-state index in [4.69, 9.17) is 5.11 Å². The second-order valence-electron chi connectivity index (χ2n) is 5.33. The highest BCUT2D eigenvalue weighted by molar-refractivity contribution is 5.28. The van der Waals surface area contributed by atoms with E-state index in [2.05, 4.69) is 51.1 Å². The minimum absolute atomic E-state index is 0.317. The van der Waals surface area contributed by atoms with Crippen LogP contribution in [0, 0.1) is 6.92 Å². The third-order valence-corrected chi connectivity index (χ3v) is 3.21. The van der Waals surface area contributed by atoms with Crippen LogP contribution < -0.4 is 0 Å². The van der Waals surface area contributed by atoms with Crippen molar-refractivity contribution >= 4 is 0 Å². The maximum atomic E-state index is 8.81. The first-order chi connectivity index (χ1) is 8.63. The number of rotatable bonds is 7. The molecule has 1 heteroatoms. The average Bonchev–Trinajstić information content (AvgIpc) is 2.34. The second kappa shape index (κ2) is 8.10. The van der Waals surface area contributed by atoms with E-state index in [1.807, 2.05) is 0 Å². The highest BCUT2D eigenvalue weighted by Crippen LogP contribution is 2.25. The molecule has 0 aromatic heterocycles. The number of hydrogen-bond acceptors (Lipinski definition) is 1. The zero-order valence-electron chi connectivity index (χ0n) is 11.9. The molecular formula is C17H26O. The lowest BCUT2D eigenvalue weighted by Gasteiger charge is -2.14. The van der Waals surface area contributed by atoms with E-state index in [1.165, 1.54) is 29.5 Å². The van der Waals surface area contributed by atoms with Gasteiger partial charge in [-0.2, -0.15) is 0 Å². The van der Waals surface area contributed by atoms with Crippen molar-refractivity contribution in [2.45, 2.75) is 52.4 Å². The lowest BCUT2D eigenvalue weighted by Crippen LogP contribution is -1.97. The fourth-order valence-corrected chi connectivity index (χ4v) is 2.22. The summed E-state index contributed by atoms with van der Waals surface area (Å²) in [6.07, 6.45) is 6.77. The van der Waals surface area contributed by atoms with Crippen LogP contribution in [0.1, 0.15) is 56.6 Å². The Bertz CT molecular complexity index is 358. The van der Waals surface area contributed by atoms with Gasteiger partial charge in [-0.15, -0.1) is 0 Å². The molecule has 0 aliphatic heterocycles. The predicted octanol–water partition coefficient (Wildman–Crippen LogP) is 4.60. The van der Waals surface area contributed by atoms with Gasteiger partial charge in [0.2, 0.25) is 0 Å². The quantitative estimate of drug-likeness (QED) is 0.551. The molecule has 0 aliphatic carbocycles. The minimum Gasteiger partial charge on any atom is -0.396 e. The van der Waals surface area contributed by atoms with Crippen molar-refractivity contribution in [3.8, 4) is 0 Å². The Labute approximate surface area is 112 Å². The van der Waals surface area contributed by atoms with E-state index in [0.29, 0.717) is 12.5 Å². The fraction of sp³-hybridized carbons (Fsp3) is 0.529. The molecule has 0 saturated heterocycles. The lowest BCUT2D eigenvalue weighted by molar-refractivity contribution is 0.282. The predicted molar refractivity (Wildman–Crippen MR) is 78.9 cm³/mol. The maximum absolute atomic E-state index is 8.81. The van der Waals surface area contributed by atoms with Gasteiger partial charge in [0.05, 0.1) is 0 Å². The van der Waals surface area contributed by atoms with E-state index in [0.717, 1.165) is 12.8 Å². The number of aryl methyl sites for hydroxylation is 1. The zero-order valence-corrected chi connectivity index (χ0v) is 11.9. The summed E-state index contributed by atoms with van der Waals surface area (Å²) < 4.78 is 0. The highest BCUT2D eigenvalue weighted by Gasteiger charge is 2.08. The maximum Gasteiger partial charge on any atom is 0.0431 e. The third kappa shape index (κ3) is 5.50. The van der Waals surface area contributed by atoms with Crippen molar-refractivity contribution in [2.75, 3.05) is 6.61 Å². The second-order valence-corrected chi connectivity index (χ2v) is 5.33. The summed E-state index contributed by atoms with van der Waals surface area (Å²) in [6.45, 7) is 6.77. The molecule has 1 atom stereocenters. The lowest BCUT2D eigenvalue weighted by atomic mass is 9.91. The zero-order chi connectivity index (χ0) is 13.4. The smallest absolute Gasteiger partial charge is 0.0431 e. The molecule has 0 aliphatic rings. The van der Waals surface area contributed by atoms with Gasteiger partial charge in [0.1, 0.15) is 0 Å². The fourth-order valence-electron chi connectivity index (χ4n) is 2.22. The number of allylic oxidation sites excluding steroid dienone is 2. The van der Waals surface area contributed by atoms with Crippen molar-refractivity contribution < 1.29 is 5.11 Å². The Morgan fingerprint density at radius 2 is 1.78 bits per heavy atom. The van der Waals surface area contributed by atoms with E-state index in [9.17, 15) is 0 Å². The third-order valence-electron chi connectivity index (χ3n) is 3.21. The summed E-state index contributed by atoms with van der Waals surface area (Å²) in [7, 11) is 0. The van der Waals surface area contributed by atoms with Crippen LogP contribution in [0.2, 0.25) is 0 Å². The van der Waals surface area contributed by atoms with Crippen molar-refractivity contribution in [3.63, 3.8) is 0 Å². The summed E-state index contributed by atoms with van der Waals surface area (Å²) in [5.74, 6) is 0.522. The van der Waals surface area contributed by atoms with Gasteiger partial charge in [-0.05, 0) is 39.2 Å². The molecule has 100 valence electrons. The molecule has 0 bridgehead atoms. The van der Waals surface area contributed by atoms with Gasteiger partial charge < -0.3 is 5.11 Å². The monoisotopic (exact) mass is 246 g/mol. The number of aliphatic hydroxyl groups excluding tert-OH is 1. The Morgan fingerprint density at radius 1 is 1.11 bits per heavy atom. The molecule has 0 fully saturated rings. The van der Waals surface area contributed by atoms with Gasteiger partial charge in [0.15, 0.2) is 0 Å². The van der Waals surface area contributed by atoms with Gasteiger partial charge in [-0.3, -0.25) is 0 Å². The van der Waals surface area contributed by atoms with Crippen LogP contribution in [0.3, 0.4) is 0 Å². The number of unbranched alkanes of at least 4 members (excludes halogenated alkanes) is 2. The molecule has 1 aromatic rings. The summed E-state index contributed by atoms with van der Waals surface area (Å²) in [5.41, 5.74) is 4.10. The van der Waals surface area contributed by atoms with Gasteiger partial charge in [-0.1, -0.05) is 54.3 Å². The van der Waals surface area contributed by atoms with E-state index >= 15 is 0 Å². The summed E-state index contributed by atoms with van der Waals surface area (Å²) in [6, 6.07) is 8.86. The van der Waals surface area contributed by atoms with Crippen molar-refractivity contribution in [3.05, 3.63) is 47.0 Å². The van der Waals surface area contributed by atoms with Crippen molar-refractivity contribution in [1.82, 2.24) is 0 Å². The van der Waals surface area contributed by atoms with Crippen LogP contribution in [0.15, 0.2) is 35.9 Å². The van der Waals surface area contributed by atoms with Crippen LogP contribution >= 0.6 is 0 Å². The molecule has 0 heterocycles. The standard InChI is InChI=1S/C17H26O/c1-14(2)13-17(7-5-4-6-12-18)16-10-8-15(3)9-11-16/h8-11,13,17-18H,4-7,12H2,1-3H3. The highest BCUT2D eigenvalue weighted by atomic mass is 16.2. The molecule has 1 N–H and O–H groups in total. The van der Waals surface area contributed by atoms with Gasteiger partial charge >= 0.3 is 0 Å². The molecule has 1 unspecified atom stereocenters. The molecular weight excluding hydrogens is 220 g/mol. The first-order valence-corrected chi connectivity index (χ1v) is 6.96. The molecule has 18 heavy (non-hydrogen) atoms. The SMILES string of the molecule is CC(C)=CC(CCCCCO)c1ccc(C)cc1. The Morgan fingerprint density at radius 3 is 2.33 bits per heavy atom. The summed E-state index contributed by atoms with van der Waals surface area (Å²) in [5, 5.41) is 8.81. The molecule has 0 radical (unpaired) electrons. The van der Waals surface area contributed by atoms with Crippen molar-refractivity contribution in [1.29, 1.82) is 0 Å². The van der Waals surface area contributed by atoms with Crippen LogP contribution in [-0.4, -0.2) is 11.7 Å². The largest absolute Gasteiger partial charge is 0.396 e. The van der Waals surface area contributed by atoms with E-state index in [-0.39, 0.29) is 0 Å². The normalized spacial score (nSPS) is 12.2. The molecule has 1 aromatic carbocycles. The van der Waals surface area contributed by atoms with Gasteiger partial charge in [0.25, 0.3) is 0 Å². The van der Waals surface area contributed by atoms with Crippen LogP contribution in [0.5, 0.6) is 0 Å². The van der Waals surface area contributed by atoms with Gasteiger partial charge in [0, 0.05) is 12.5 Å². The molecule has 1 nitrogen and oxygen atoms in total. The molecule has 0 spiro atoms. The van der Waals surface area contributed by atoms with Crippen LogP contribution in [-0.2, 0) is 0 Å². The van der Waals surface area contributed by atoms with E-state index < -0.39 is 0 Å². The molecule has 0 saturated carbocycles. The molecule has 0 amide bonds. The number of aliphatic hydroxyl groups is 1. The van der Waals surface area contributed by atoms with Crippen LogP contribution in [0.4, 0.5) is 0 Å². The summed E-state index contributed by atoms with van der Waals surface area (Å²) >= 11 is 0. The van der Waals surface area contributed by atoms with E-state index in [1.54, 1.807) is 0 Å². The Kier molecular flexibility index (Phi) is 6.74. The average molecular weight is 246 g/mol. The first-order valence-electron chi connectivity index (χ1n) is 6.96. The molecule has 1 rings (SSSR count). The topological polar surface area (TPSA) is 20.2 Å². The number of benzene rings is 1. The van der Waals surface area contributed by atoms with Gasteiger partial charge in [-0.25, -0.2) is 0 Å².